The number of aldehydes is 1. The van der Waals surface area contributed by atoms with Gasteiger partial charge in [-0.2, -0.15) is 0 Å². The molecular weight excluding hydrogens is 433 g/mol. The van der Waals surface area contributed by atoms with Gasteiger partial charge in [-0.1, -0.05) is 0 Å². The minimum Gasteiger partial charge on any atom is -0.381 e. The molecule has 32 heavy (non-hydrogen) atoms. The van der Waals surface area contributed by atoms with E-state index in [0.29, 0.717) is 35.3 Å². The summed E-state index contributed by atoms with van der Waals surface area (Å²) in [5, 5.41) is 14.5. The lowest BCUT2D eigenvalue weighted by Crippen LogP contribution is -2.27. The van der Waals surface area contributed by atoms with E-state index in [-0.39, 0.29) is 35.2 Å². The van der Waals surface area contributed by atoms with Crippen LogP contribution in [0.25, 0.3) is 22.3 Å². The van der Waals surface area contributed by atoms with Crippen molar-refractivity contribution in [3.05, 3.63) is 56.1 Å². The molecule has 0 radical (unpaired) electrons. The monoisotopic (exact) mass is 455 g/mol. The number of thioether (sulfide) groups is 1. The summed E-state index contributed by atoms with van der Waals surface area (Å²) in [5.74, 6) is 0.415. The maximum absolute atomic E-state index is 14.7. The second-order valence-electron chi connectivity index (χ2n) is 8.08. The Hall–Kier alpha value is -2.59. The zero-order valence-corrected chi connectivity index (χ0v) is 18.7. The summed E-state index contributed by atoms with van der Waals surface area (Å²) in [6.07, 6.45) is -1.06. The maximum atomic E-state index is 14.7. The average molecular weight is 456 g/mol. The van der Waals surface area contributed by atoms with Crippen LogP contribution < -0.4 is 10.9 Å². The highest BCUT2D eigenvalue weighted by Gasteiger charge is 2.34. The molecule has 2 aliphatic heterocycles. The Bertz CT molecular complexity index is 1350. The van der Waals surface area contributed by atoms with Gasteiger partial charge in [-0.25, -0.2) is 9.37 Å². The predicted octanol–water partition coefficient (Wildman–Crippen LogP) is 2.62. The SMILES string of the molecule is CNC1CSc2c(C)c(F)cc3nc4c(c1c23)Cn1c-4cc(C(O)C=O)c(COC)c1=O. The second kappa shape index (κ2) is 7.77. The van der Waals surface area contributed by atoms with Gasteiger partial charge in [0.05, 0.1) is 30.1 Å². The van der Waals surface area contributed by atoms with E-state index in [1.165, 1.54) is 13.2 Å². The van der Waals surface area contributed by atoms with Gasteiger partial charge in [0, 0.05) is 51.9 Å². The number of nitrogens with one attached hydrogen (secondary N) is 1. The highest BCUT2D eigenvalue weighted by atomic mass is 32.2. The van der Waals surface area contributed by atoms with E-state index in [1.807, 2.05) is 7.05 Å². The Morgan fingerprint density at radius 3 is 2.94 bits per heavy atom. The maximum Gasteiger partial charge on any atom is 0.257 e. The molecule has 2 aromatic heterocycles. The first-order valence-corrected chi connectivity index (χ1v) is 11.2. The summed E-state index contributed by atoms with van der Waals surface area (Å²) in [6.45, 7) is 2.06. The van der Waals surface area contributed by atoms with Gasteiger partial charge in [-0.3, -0.25) is 4.79 Å². The van der Waals surface area contributed by atoms with Crippen LogP contribution in [0.1, 0.15) is 40.0 Å². The van der Waals surface area contributed by atoms with Crippen LogP contribution in [0.5, 0.6) is 0 Å². The fourth-order valence-electron chi connectivity index (χ4n) is 4.79. The van der Waals surface area contributed by atoms with Crippen LogP contribution >= 0.6 is 11.8 Å². The summed E-state index contributed by atoms with van der Waals surface area (Å²) < 4.78 is 21.4. The van der Waals surface area contributed by atoms with E-state index >= 15 is 0 Å². The average Bonchev–Trinajstić information content (AvgIpc) is 3.17. The fourth-order valence-corrected chi connectivity index (χ4v) is 6.13. The second-order valence-corrected chi connectivity index (χ2v) is 9.11. The van der Waals surface area contributed by atoms with E-state index in [2.05, 4.69) is 5.32 Å². The van der Waals surface area contributed by atoms with Gasteiger partial charge in [0.1, 0.15) is 11.9 Å². The van der Waals surface area contributed by atoms with Gasteiger partial charge in [-0.15, -0.1) is 11.8 Å². The van der Waals surface area contributed by atoms with Crippen molar-refractivity contribution in [1.29, 1.82) is 0 Å². The number of aliphatic hydroxyl groups excluding tert-OH is 1. The van der Waals surface area contributed by atoms with Crippen molar-refractivity contribution >= 4 is 29.0 Å². The molecule has 1 aromatic carbocycles. The van der Waals surface area contributed by atoms with E-state index in [1.54, 1.807) is 29.3 Å². The van der Waals surface area contributed by atoms with E-state index in [9.17, 15) is 19.1 Å². The molecule has 0 fully saturated rings. The number of fused-ring (bicyclic) bond motifs is 4. The fraction of sp³-hybridized carbons (Fsp3) is 0.348. The molecule has 0 amide bonds. The molecule has 2 aliphatic rings. The van der Waals surface area contributed by atoms with E-state index < -0.39 is 6.10 Å². The number of hydrogen-bond donors (Lipinski definition) is 2. The highest BCUT2D eigenvalue weighted by molar-refractivity contribution is 7.99. The molecule has 166 valence electrons. The number of carbonyl (C=O) groups is 1. The van der Waals surface area contributed by atoms with Gasteiger partial charge in [0.25, 0.3) is 5.56 Å². The van der Waals surface area contributed by atoms with Crippen LogP contribution in [0.4, 0.5) is 4.39 Å². The minimum absolute atomic E-state index is 0.0140. The highest BCUT2D eigenvalue weighted by Crippen LogP contribution is 2.47. The van der Waals surface area contributed by atoms with Crippen LogP contribution in [0, 0.1) is 12.7 Å². The lowest BCUT2D eigenvalue weighted by Gasteiger charge is -2.28. The Balaban J connectivity index is 1.86. The van der Waals surface area contributed by atoms with Crippen LogP contribution in [-0.2, 0) is 22.7 Å². The van der Waals surface area contributed by atoms with Crippen molar-refractivity contribution in [3.8, 4) is 11.4 Å². The number of ether oxygens (including phenoxy) is 1. The van der Waals surface area contributed by atoms with Crippen molar-refractivity contribution in [2.45, 2.75) is 37.1 Å². The zero-order valence-electron chi connectivity index (χ0n) is 17.9. The summed E-state index contributed by atoms with van der Waals surface area (Å²) in [6, 6.07) is 3.08. The summed E-state index contributed by atoms with van der Waals surface area (Å²) >= 11 is 1.61. The molecule has 4 heterocycles. The molecule has 2 atom stereocenters. The van der Waals surface area contributed by atoms with E-state index in [4.69, 9.17) is 9.72 Å². The van der Waals surface area contributed by atoms with Gasteiger partial charge < -0.3 is 24.5 Å². The van der Waals surface area contributed by atoms with Crippen molar-refractivity contribution in [3.63, 3.8) is 0 Å². The number of aliphatic hydroxyl groups is 1. The lowest BCUT2D eigenvalue weighted by atomic mass is 9.93. The van der Waals surface area contributed by atoms with Gasteiger partial charge in [0.2, 0.25) is 0 Å². The summed E-state index contributed by atoms with van der Waals surface area (Å²) in [5.41, 5.74) is 4.27. The van der Waals surface area contributed by atoms with Crippen LogP contribution in [0.3, 0.4) is 0 Å². The molecule has 0 spiro atoms. The van der Waals surface area contributed by atoms with E-state index in [0.717, 1.165) is 27.2 Å². The number of methoxy groups -OCH3 is 1. The van der Waals surface area contributed by atoms with Gasteiger partial charge in [-0.05, 0) is 31.2 Å². The number of aromatic nitrogens is 2. The molecule has 0 bridgehead atoms. The predicted molar refractivity (Wildman–Crippen MR) is 119 cm³/mol. The van der Waals surface area contributed by atoms with Crippen molar-refractivity contribution in [2.75, 3.05) is 19.9 Å². The number of halogens is 1. The molecule has 9 heteroatoms. The Morgan fingerprint density at radius 1 is 1.47 bits per heavy atom. The number of pyridine rings is 2. The molecule has 2 unspecified atom stereocenters. The molecule has 3 aromatic rings. The smallest absolute Gasteiger partial charge is 0.257 e. The Kier molecular flexibility index (Phi) is 5.16. The molecule has 0 saturated carbocycles. The third kappa shape index (κ3) is 2.88. The lowest BCUT2D eigenvalue weighted by molar-refractivity contribution is -0.115. The normalized spacial score (nSPS) is 17.3. The number of hydrogen-bond acceptors (Lipinski definition) is 7. The Morgan fingerprint density at radius 2 is 2.25 bits per heavy atom. The topological polar surface area (TPSA) is 93.5 Å². The third-order valence-electron chi connectivity index (χ3n) is 6.38. The number of nitrogens with zero attached hydrogens (tertiary/aromatic N) is 2. The number of benzene rings is 1. The van der Waals surface area contributed by atoms with Gasteiger partial charge in [0.15, 0.2) is 6.29 Å². The van der Waals surface area contributed by atoms with Gasteiger partial charge >= 0.3 is 0 Å². The van der Waals surface area contributed by atoms with Crippen molar-refractivity contribution in [2.24, 2.45) is 0 Å². The molecule has 2 N–H and O–H groups in total. The third-order valence-corrected chi connectivity index (χ3v) is 7.68. The first-order chi connectivity index (χ1) is 15.4. The Labute approximate surface area is 187 Å². The minimum atomic E-state index is -1.45. The molecule has 0 saturated heterocycles. The van der Waals surface area contributed by atoms with Crippen molar-refractivity contribution in [1.82, 2.24) is 14.9 Å². The standard InChI is InChI=1S/C23H22FN3O4S/c1-10-14(24)5-15-20-19(16(25-2)9-32-22(10)20)12-6-27-17(21(12)26-15)4-11(18(29)7-28)13(8-31-3)23(27)30/h4-5,7,16,18,25,29H,6,8-9H2,1-3H3. The van der Waals surface area contributed by atoms with Crippen LogP contribution in [0.15, 0.2) is 21.8 Å². The van der Waals surface area contributed by atoms with Crippen LogP contribution in [-0.4, -0.2) is 40.9 Å². The molecular formula is C23H22FN3O4S. The first kappa shape index (κ1) is 21.3. The van der Waals surface area contributed by atoms with Crippen LogP contribution in [0.2, 0.25) is 0 Å². The number of carbonyl (C=O) groups excluding carboxylic acids is 1. The molecule has 7 nitrogen and oxygen atoms in total. The summed E-state index contributed by atoms with van der Waals surface area (Å²) in [4.78, 5) is 30.3. The molecule has 0 aliphatic carbocycles. The quantitative estimate of drug-likeness (QED) is 0.447. The first-order valence-electron chi connectivity index (χ1n) is 10.3. The number of rotatable bonds is 5. The largest absolute Gasteiger partial charge is 0.381 e. The summed E-state index contributed by atoms with van der Waals surface area (Å²) in [7, 11) is 3.34. The zero-order chi connectivity index (χ0) is 22.7. The molecule has 5 rings (SSSR count). The van der Waals surface area contributed by atoms with Crippen molar-refractivity contribution < 1.29 is 19.0 Å².